The molecule has 0 heterocycles. The van der Waals surface area contributed by atoms with Crippen LogP contribution in [0.5, 0.6) is 0 Å². The van der Waals surface area contributed by atoms with Crippen molar-refractivity contribution in [2.45, 2.75) is 104 Å². The van der Waals surface area contributed by atoms with Crippen molar-refractivity contribution in [3.8, 4) is 0 Å². The highest BCUT2D eigenvalue weighted by Gasteiger charge is 2.22. The fourth-order valence-electron chi connectivity index (χ4n) is 3.23. The Hall–Kier alpha value is -0.0800. The third-order valence-electron chi connectivity index (χ3n) is 5.28. The first kappa shape index (κ1) is 22.9. The number of rotatable bonds is 17. The fraction of sp³-hybridized carbons (Fsp3) is 1.00. The lowest BCUT2D eigenvalue weighted by molar-refractivity contribution is 0.0949. The molecule has 0 aromatic carbocycles. The van der Waals surface area contributed by atoms with E-state index in [0.29, 0.717) is 6.61 Å². The highest BCUT2D eigenvalue weighted by atomic mass is 16.3. The highest BCUT2D eigenvalue weighted by molar-refractivity contribution is 4.75. The van der Waals surface area contributed by atoms with Crippen LogP contribution >= 0.6 is 0 Å². The van der Waals surface area contributed by atoms with Crippen molar-refractivity contribution >= 4 is 0 Å². The quantitative estimate of drug-likeness (QED) is 0.330. The fourth-order valence-corrected chi connectivity index (χ4v) is 3.23. The topological polar surface area (TPSA) is 23.5 Å². The van der Waals surface area contributed by atoms with Gasteiger partial charge in [0, 0.05) is 18.6 Å². The van der Waals surface area contributed by atoms with Crippen LogP contribution in [-0.2, 0) is 0 Å². The number of hydrogen-bond acceptors (Lipinski definition) is 2. The van der Waals surface area contributed by atoms with E-state index >= 15 is 0 Å². The first-order valence-electron chi connectivity index (χ1n) is 10.4. The van der Waals surface area contributed by atoms with Gasteiger partial charge in [-0.15, -0.1) is 0 Å². The molecule has 0 aliphatic rings. The molecule has 0 saturated heterocycles. The molecule has 0 spiro atoms. The predicted molar refractivity (Wildman–Crippen MR) is 104 cm³/mol. The molecule has 0 bridgehead atoms. The van der Waals surface area contributed by atoms with Crippen molar-refractivity contribution in [3.05, 3.63) is 0 Å². The van der Waals surface area contributed by atoms with Crippen LogP contribution in [0.3, 0.4) is 0 Å². The molecule has 2 heteroatoms. The minimum atomic E-state index is 0.0753. The largest absolute Gasteiger partial charge is 0.396 e. The van der Waals surface area contributed by atoms with Crippen LogP contribution in [-0.4, -0.2) is 36.8 Å². The summed E-state index contributed by atoms with van der Waals surface area (Å²) in [6.45, 7) is 9.13. The SMILES string of the molecule is CCCCCCCCCCCCCCN(C)CC(C)(CC)CO. The zero-order valence-electron chi connectivity index (χ0n) is 16.7. The molecule has 0 fully saturated rings. The number of unbranched alkanes of at least 4 members (excludes halogenated alkanes) is 11. The molecule has 1 N–H and O–H groups in total. The Morgan fingerprint density at radius 3 is 1.57 bits per heavy atom. The molecule has 2 nitrogen and oxygen atoms in total. The maximum absolute atomic E-state index is 9.48. The number of hydrogen-bond donors (Lipinski definition) is 1. The molecule has 1 unspecified atom stereocenters. The molecule has 23 heavy (non-hydrogen) atoms. The zero-order chi connectivity index (χ0) is 17.4. The van der Waals surface area contributed by atoms with Gasteiger partial charge in [-0.05, 0) is 26.4 Å². The summed E-state index contributed by atoms with van der Waals surface area (Å²) in [7, 11) is 2.20. The Morgan fingerprint density at radius 1 is 0.739 bits per heavy atom. The summed E-state index contributed by atoms with van der Waals surface area (Å²) < 4.78 is 0. The minimum absolute atomic E-state index is 0.0753. The van der Waals surface area contributed by atoms with Gasteiger partial charge in [0.05, 0.1) is 0 Å². The van der Waals surface area contributed by atoms with E-state index in [1.165, 1.54) is 83.6 Å². The van der Waals surface area contributed by atoms with Crippen LogP contribution in [0.2, 0.25) is 0 Å². The van der Waals surface area contributed by atoms with Crippen molar-refractivity contribution in [1.82, 2.24) is 4.90 Å². The maximum atomic E-state index is 9.48. The molecule has 140 valence electrons. The molecule has 0 aromatic heterocycles. The number of aliphatic hydroxyl groups is 1. The summed E-state index contributed by atoms with van der Waals surface area (Å²) in [5.41, 5.74) is 0.0753. The van der Waals surface area contributed by atoms with Gasteiger partial charge in [-0.25, -0.2) is 0 Å². The van der Waals surface area contributed by atoms with Gasteiger partial charge in [0.2, 0.25) is 0 Å². The Morgan fingerprint density at radius 2 is 1.17 bits per heavy atom. The predicted octanol–water partition coefficient (Wildman–Crippen LogP) is 6.03. The Labute approximate surface area is 147 Å². The second-order valence-corrected chi connectivity index (χ2v) is 7.95. The Balaban J connectivity index is 3.33. The smallest absolute Gasteiger partial charge is 0.0496 e. The molecule has 0 aromatic rings. The van der Waals surface area contributed by atoms with Gasteiger partial charge in [-0.2, -0.15) is 0 Å². The van der Waals surface area contributed by atoms with Gasteiger partial charge in [-0.3, -0.25) is 0 Å². The van der Waals surface area contributed by atoms with Crippen molar-refractivity contribution < 1.29 is 5.11 Å². The lowest BCUT2D eigenvalue weighted by Crippen LogP contribution is -2.36. The van der Waals surface area contributed by atoms with E-state index in [2.05, 4.69) is 32.7 Å². The van der Waals surface area contributed by atoms with E-state index in [-0.39, 0.29) is 5.41 Å². The number of aliphatic hydroxyl groups excluding tert-OH is 1. The van der Waals surface area contributed by atoms with Crippen molar-refractivity contribution in [1.29, 1.82) is 0 Å². The standard InChI is InChI=1S/C21H45NO/c1-5-7-8-9-10-11-12-13-14-15-16-17-18-22(4)19-21(3,6-2)20-23/h23H,5-20H2,1-4H3. The van der Waals surface area contributed by atoms with Crippen LogP contribution < -0.4 is 0 Å². The first-order chi connectivity index (χ1) is 11.1. The first-order valence-corrected chi connectivity index (χ1v) is 10.4. The summed E-state index contributed by atoms with van der Waals surface area (Å²) >= 11 is 0. The highest BCUT2D eigenvalue weighted by Crippen LogP contribution is 2.21. The van der Waals surface area contributed by atoms with Crippen LogP contribution in [0, 0.1) is 5.41 Å². The van der Waals surface area contributed by atoms with E-state index in [4.69, 9.17) is 0 Å². The van der Waals surface area contributed by atoms with Crippen LogP contribution in [0.15, 0.2) is 0 Å². The van der Waals surface area contributed by atoms with E-state index in [9.17, 15) is 5.11 Å². The maximum Gasteiger partial charge on any atom is 0.0496 e. The van der Waals surface area contributed by atoms with Gasteiger partial charge in [-0.1, -0.05) is 91.4 Å². The molecule has 1 atom stereocenters. The molecule has 0 amide bonds. The van der Waals surface area contributed by atoms with E-state index < -0.39 is 0 Å². The van der Waals surface area contributed by atoms with E-state index in [1.807, 2.05) is 0 Å². The monoisotopic (exact) mass is 327 g/mol. The van der Waals surface area contributed by atoms with Gasteiger partial charge >= 0.3 is 0 Å². The third-order valence-corrected chi connectivity index (χ3v) is 5.28. The van der Waals surface area contributed by atoms with Crippen molar-refractivity contribution in [3.63, 3.8) is 0 Å². The van der Waals surface area contributed by atoms with Crippen LogP contribution in [0.25, 0.3) is 0 Å². The van der Waals surface area contributed by atoms with Crippen LogP contribution in [0.4, 0.5) is 0 Å². The molecule has 0 saturated carbocycles. The summed E-state index contributed by atoms with van der Waals surface area (Å²) in [6, 6.07) is 0. The van der Waals surface area contributed by atoms with E-state index in [0.717, 1.165) is 13.0 Å². The van der Waals surface area contributed by atoms with E-state index in [1.54, 1.807) is 0 Å². The van der Waals surface area contributed by atoms with Gasteiger partial charge in [0.25, 0.3) is 0 Å². The second kappa shape index (κ2) is 15.4. The molecular weight excluding hydrogens is 282 g/mol. The zero-order valence-corrected chi connectivity index (χ0v) is 16.7. The van der Waals surface area contributed by atoms with Crippen molar-refractivity contribution in [2.75, 3.05) is 26.7 Å². The summed E-state index contributed by atoms with van der Waals surface area (Å²) in [6.07, 6.45) is 18.0. The average Bonchev–Trinajstić information content (AvgIpc) is 2.55. The van der Waals surface area contributed by atoms with Gasteiger partial charge in [0.1, 0.15) is 0 Å². The summed E-state index contributed by atoms with van der Waals surface area (Å²) in [4.78, 5) is 2.40. The third kappa shape index (κ3) is 14.0. The average molecular weight is 328 g/mol. The van der Waals surface area contributed by atoms with Crippen molar-refractivity contribution in [2.24, 2.45) is 5.41 Å². The normalized spacial score (nSPS) is 14.3. The summed E-state index contributed by atoms with van der Waals surface area (Å²) in [5.74, 6) is 0. The molecular formula is C21H45NO. The second-order valence-electron chi connectivity index (χ2n) is 7.95. The molecule has 0 radical (unpaired) electrons. The molecule has 0 rings (SSSR count). The number of nitrogens with zero attached hydrogens (tertiary/aromatic N) is 1. The van der Waals surface area contributed by atoms with Crippen LogP contribution in [0.1, 0.15) is 104 Å². The molecule has 0 aliphatic heterocycles. The Kier molecular flexibility index (Phi) is 15.4. The minimum Gasteiger partial charge on any atom is -0.396 e. The van der Waals surface area contributed by atoms with Gasteiger partial charge < -0.3 is 10.0 Å². The molecule has 0 aliphatic carbocycles. The summed E-state index contributed by atoms with van der Waals surface area (Å²) in [5, 5.41) is 9.48. The lowest BCUT2D eigenvalue weighted by atomic mass is 9.88. The lowest BCUT2D eigenvalue weighted by Gasteiger charge is -2.31. The Bertz CT molecular complexity index is 238. The van der Waals surface area contributed by atoms with Gasteiger partial charge in [0.15, 0.2) is 0 Å².